The lowest BCUT2D eigenvalue weighted by Crippen LogP contribution is -2.46. The van der Waals surface area contributed by atoms with Crippen molar-refractivity contribution in [1.82, 2.24) is 9.80 Å². The van der Waals surface area contributed by atoms with E-state index in [2.05, 4.69) is 22.8 Å². The normalized spacial score (nSPS) is 19.2. The van der Waals surface area contributed by atoms with Crippen molar-refractivity contribution < 1.29 is 0 Å². The molecule has 0 aromatic rings. The summed E-state index contributed by atoms with van der Waals surface area (Å²) in [4.78, 5) is 5.07. The third-order valence-corrected chi connectivity index (χ3v) is 3.74. The van der Waals surface area contributed by atoms with Crippen molar-refractivity contribution in [2.75, 3.05) is 39.3 Å². The van der Waals surface area contributed by atoms with E-state index in [4.69, 9.17) is 5.26 Å². The van der Waals surface area contributed by atoms with Crippen LogP contribution in [-0.4, -0.2) is 49.1 Å². The van der Waals surface area contributed by atoms with Crippen molar-refractivity contribution in [2.24, 2.45) is 5.41 Å². The predicted molar refractivity (Wildman–Crippen MR) is 71.8 cm³/mol. The molecule has 0 bridgehead atoms. The molecule has 3 nitrogen and oxygen atoms in total. The summed E-state index contributed by atoms with van der Waals surface area (Å²) in [6, 6.07) is 2.37. The largest absolute Gasteiger partial charge is 0.301 e. The second kappa shape index (κ2) is 6.98. The topological polar surface area (TPSA) is 30.3 Å². The molecular formula is C14H27N3. The molecule has 98 valence electrons. The van der Waals surface area contributed by atoms with E-state index < -0.39 is 0 Å². The fourth-order valence-electron chi connectivity index (χ4n) is 2.29. The molecule has 0 saturated carbocycles. The maximum atomic E-state index is 8.93. The summed E-state index contributed by atoms with van der Waals surface area (Å²) in [6.07, 6.45) is 3.43. The van der Waals surface area contributed by atoms with E-state index in [1.165, 1.54) is 52.1 Å². The fourth-order valence-corrected chi connectivity index (χ4v) is 2.29. The van der Waals surface area contributed by atoms with Crippen LogP contribution in [0.15, 0.2) is 0 Å². The van der Waals surface area contributed by atoms with Crippen molar-refractivity contribution in [1.29, 1.82) is 5.26 Å². The van der Waals surface area contributed by atoms with E-state index in [1.807, 2.05) is 13.8 Å². The van der Waals surface area contributed by atoms with E-state index in [-0.39, 0.29) is 5.41 Å². The second-order valence-corrected chi connectivity index (χ2v) is 5.73. The Hall–Kier alpha value is -0.590. The van der Waals surface area contributed by atoms with Crippen LogP contribution in [0.2, 0.25) is 0 Å². The fraction of sp³-hybridized carbons (Fsp3) is 0.929. The SMILES string of the molecule is CCN1CCN(CCCCC(C)(C)C#N)CC1. The summed E-state index contributed by atoms with van der Waals surface area (Å²) >= 11 is 0. The van der Waals surface area contributed by atoms with Crippen LogP contribution in [0.4, 0.5) is 0 Å². The van der Waals surface area contributed by atoms with Gasteiger partial charge in [-0.25, -0.2) is 0 Å². The van der Waals surface area contributed by atoms with Crippen LogP contribution in [0, 0.1) is 16.7 Å². The van der Waals surface area contributed by atoms with Crippen molar-refractivity contribution in [3.63, 3.8) is 0 Å². The van der Waals surface area contributed by atoms with E-state index >= 15 is 0 Å². The van der Waals surface area contributed by atoms with Crippen molar-refractivity contribution >= 4 is 0 Å². The Morgan fingerprint density at radius 1 is 1.06 bits per heavy atom. The second-order valence-electron chi connectivity index (χ2n) is 5.73. The average molecular weight is 237 g/mol. The van der Waals surface area contributed by atoms with E-state index in [1.54, 1.807) is 0 Å². The Bertz CT molecular complexity index is 247. The van der Waals surface area contributed by atoms with Crippen LogP contribution in [-0.2, 0) is 0 Å². The van der Waals surface area contributed by atoms with Gasteiger partial charge in [0.05, 0.1) is 11.5 Å². The molecule has 1 fully saturated rings. The highest BCUT2D eigenvalue weighted by molar-refractivity contribution is 4.91. The molecule has 0 amide bonds. The number of rotatable bonds is 6. The molecule has 0 aromatic carbocycles. The summed E-state index contributed by atoms with van der Waals surface area (Å²) in [5.74, 6) is 0. The van der Waals surface area contributed by atoms with Crippen molar-refractivity contribution in [3.8, 4) is 6.07 Å². The number of hydrogen-bond donors (Lipinski definition) is 0. The smallest absolute Gasteiger partial charge is 0.0683 e. The Labute approximate surface area is 106 Å². The first-order chi connectivity index (χ1) is 8.07. The van der Waals surface area contributed by atoms with Gasteiger partial charge in [-0.2, -0.15) is 5.26 Å². The predicted octanol–water partition coefficient (Wildman–Crippen LogP) is 2.34. The minimum atomic E-state index is -0.138. The summed E-state index contributed by atoms with van der Waals surface area (Å²) < 4.78 is 0. The molecule has 0 atom stereocenters. The maximum Gasteiger partial charge on any atom is 0.0683 e. The van der Waals surface area contributed by atoms with Crippen LogP contribution >= 0.6 is 0 Å². The first kappa shape index (κ1) is 14.5. The summed E-state index contributed by atoms with van der Waals surface area (Å²) in [5, 5.41) is 8.93. The van der Waals surface area contributed by atoms with Gasteiger partial charge >= 0.3 is 0 Å². The molecule has 1 aliphatic heterocycles. The third-order valence-electron chi connectivity index (χ3n) is 3.74. The number of unbranched alkanes of at least 4 members (excludes halogenated alkanes) is 1. The Kier molecular flexibility index (Phi) is 5.94. The first-order valence-corrected chi connectivity index (χ1v) is 6.93. The summed E-state index contributed by atoms with van der Waals surface area (Å²) in [6.45, 7) is 13.6. The zero-order valence-corrected chi connectivity index (χ0v) is 11.7. The van der Waals surface area contributed by atoms with Crippen LogP contribution in [0.5, 0.6) is 0 Å². The standard InChI is InChI=1S/C14H27N3/c1-4-16-9-11-17(12-10-16)8-6-5-7-14(2,3)13-15/h4-12H2,1-3H3. The van der Waals surface area contributed by atoms with Crippen LogP contribution in [0.1, 0.15) is 40.0 Å². The van der Waals surface area contributed by atoms with E-state index in [0.29, 0.717) is 0 Å². The van der Waals surface area contributed by atoms with Crippen LogP contribution in [0.3, 0.4) is 0 Å². The summed E-state index contributed by atoms with van der Waals surface area (Å²) in [7, 11) is 0. The molecule has 0 N–H and O–H groups in total. The Morgan fingerprint density at radius 3 is 2.18 bits per heavy atom. The molecule has 3 heteroatoms. The molecule has 0 aromatic heterocycles. The van der Waals surface area contributed by atoms with Gasteiger partial charge in [0.1, 0.15) is 0 Å². The molecule has 17 heavy (non-hydrogen) atoms. The molecule has 1 rings (SSSR count). The van der Waals surface area contributed by atoms with E-state index in [0.717, 1.165) is 6.42 Å². The number of hydrogen-bond acceptors (Lipinski definition) is 3. The number of nitriles is 1. The van der Waals surface area contributed by atoms with Gasteiger partial charge in [-0.1, -0.05) is 13.3 Å². The quantitative estimate of drug-likeness (QED) is 0.664. The van der Waals surface area contributed by atoms with Gasteiger partial charge in [-0.3, -0.25) is 0 Å². The lowest BCUT2D eigenvalue weighted by molar-refractivity contribution is 0.135. The summed E-state index contributed by atoms with van der Waals surface area (Å²) in [5.41, 5.74) is -0.138. The zero-order chi connectivity index (χ0) is 12.7. The molecule has 0 aliphatic carbocycles. The first-order valence-electron chi connectivity index (χ1n) is 6.93. The lowest BCUT2D eigenvalue weighted by atomic mass is 9.89. The van der Waals surface area contributed by atoms with Gasteiger partial charge in [-0.05, 0) is 39.8 Å². The monoisotopic (exact) mass is 237 g/mol. The number of piperazine rings is 1. The molecule has 1 heterocycles. The van der Waals surface area contributed by atoms with Crippen molar-refractivity contribution in [3.05, 3.63) is 0 Å². The minimum Gasteiger partial charge on any atom is -0.301 e. The van der Waals surface area contributed by atoms with Crippen LogP contribution < -0.4 is 0 Å². The highest BCUT2D eigenvalue weighted by Gasteiger charge is 2.17. The molecule has 1 aliphatic rings. The molecule has 0 unspecified atom stereocenters. The molecule has 1 saturated heterocycles. The van der Waals surface area contributed by atoms with Crippen molar-refractivity contribution in [2.45, 2.75) is 40.0 Å². The maximum absolute atomic E-state index is 8.93. The Balaban J connectivity index is 2.07. The highest BCUT2D eigenvalue weighted by Crippen LogP contribution is 2.21. The zero-order valence-electron chi connectivity index (χ0n) is 11.7. The van der Waals surface area contributed by atoms with Gasteiger partial charge in [0, 0.05) is 26.2 Å². The van der Waals surface area contributed by atoms with Gasteiger partial charge in [0.15, 0.2) is 0 Å². The Morgan fingerprint density at radius 2 is 1.65 bits per heavy atom. The molecule has 0 radical (unpaired) electrons. The average Bonchev–Trinajstić information content (AvgIpc) is 2.35. The lowest BCUT2D eigenvalue weighted by Gasteiger charge is -2.34. The van der Waals surface area contributed by atoms with Gasteiger partial charge < -0.3 is 9.80 Å². The van der Waals surface area contributed by atoms with E-state index in [9.17, 15) is 0 Å². The number of likely N-dealkylation sites (N-methyl/N-ethyl adjacent to an activating group) is 1. The van der Waals surface area contributed by atoms with Gasteiger partial charge in [-0.15, -0.1) is 0 Å². The number of nitrogens with zero attached hydrogens (tertiary/aromatic N) is 3. The van der Waals surface area contributed by atoms with Crippen LogP contribution in [0.25, 0.3) is 0 Å². The highest BCUT2D eigenvalue weighted by atomic mass is 15.3. The molecular weight excluding hydrogens is 210 g/mol. The minimum absolute atomic E-state index is 0.138. The van der Waals surface area contributed by atoms with Gasteiger partial charge in [0.2, 0.25) is 0 Å². The third kappa shape index (κ3) is 5.52. The molecule has 0 spiro atoms. The van der Waals surface area contributed by atoms with Gasteiger partial charge in [0.25, 0.3) is 0 Å².